The molecule has 6 aromatic carbocycles. The summed E-state index contributed by atoms with van der Waals surface area (Å²) in [6.07, 6.45) is 10.3. The van der Waals surface area contributed by atoms with Gasteiger partial charge in [0, 0.05) is 24.3 Å². The SMILES string of the molecule is O=S(=O)([O-])Oc1cc(/C=C/c2cc3c(/C=C/c4cc(OS(=O)(=O)[O-])cc(OS(=O)(=O)[O-])c4)cc2CCc2cc(/C=C/c4cc(OS(=O)(=O)[O-])cc(OS(=O)(=O)[O-])c4)c(cc2/C=C/c2cc(OS(=O)(=O)[O-])cc(OS(=O)(=O)[O-])c2)CC3)cc(OS(=O)(=O)[O-])c1. The van der Waals surface area contributed by atoms with Gasteiger partial charge in [-0.15, -0.1) is 0 Å². The van der Waals surface area contributed by atoms with Gasteiger partial charge in [0.1, 0.15) is 46.0 Å². The molecule has 4 aliphatic rings. The van der Waals surface area contributed by atoms with Gasteiger partial charge >= 0.3 is 0 Å². The quantitative estimate of drug-likeness (QED) is 0.0477. The van der Waals surface area contributed by atoms with Crippen molar-refractivity contribution in [3.63, 3.8) is 0 Å². The van der Waals surface area contributed by atoms with Crippen molar-refractivity contribution in [2.24, 2.45) is 0 Å². The van der Waals surface area contributed by atoms with Crippen LogP contribution < -0.4 is 33.5 Å². The first-order valence-electron chi connectivity index (χ1n) is 23.3. The van der Waals surface area contributed by atoms with E-state index >= 15 is 0 Å². The third-order valence-corrected chi connectivity index (χ3v) is 14.3. The lowest BCUT2D eigenvalue weighted by molar-refractivity contribution is 0.363. The van der Waals surface area contributed by atoms with Gasteiger partial charge in [-0.3, -0.25) is 0 Å². The molecule has 0 atom stereocenters. The Morgan fingerprint density at radius 1 is 0.216 bits per heavy atom. The third-order valence-electron chi connectivity index (χ3n) is 11.1. The van der Waals surface area contributed by atoms with E-state index in [0.29, 0.717) is 68.8 Å². The van der Waals surface area contributed by atoms with Crippen molar-refractivity contribution in [3.8, 4) is 46.0 Å². The van der Waals surface area contributed by atoms with Gasteiger partial charge in [-0.2, -0.15) is 0 Å². The monoisotopic (exact) mass is 1380 g/mol. The summed E-state index contributed by atoms with van der Waals surface area (Å²) in [5.74, 6) is -6.40. The van der Waals surface area contributed by atoms with Crippen molar-refractivity contribution in [1.82, 2.24) is 0 Å². The molecule has 0 heterocycles. The van der Waals surface area contributed by atoms with E-state index in [2.05, 4.69) is 33.5 Å². The van der Waals surface area contributed by atoms with E-state index in [9.17, 15) is 104 Å². The molecule has 0 spiro atoms. The molecule has 4 aliphatic carbocycles. The van der Waals surface area contributed by atoms with Crippen molar-refractivity contribution in [3.05, 3.63) is 164 Å². The van der Waals surface area contributed by atoms with Crippen LogP contribution in [0.3, 0.4) is 0 Å². The van der Waals surface area contributed by atoms with Crippen LogP contribution in [0.25, 0.3) is 48.6 Å². The van der Waals surface area contributed by atoms with Gasteiger partial charge in [0.05, 0.1) is 0 Å². The maximum atomic E-state index is 11.6. The average Bonchev–Trinajstić information content (AvgIpc) is 2.01. The largest absolute Gasteiger partial charge is 0.716 e. The number of aryl methyl sites for hydroxylation is 4. The van der Waals surface area contributed by atoms with E-state index in [1.807, 2.05) is 0 Å². The van der Waals surface area contributed by atoms with E-state index < -0.39 is 129 Å². The smallest absolute Gasteiger partial charge is 0.262 e. The van der Waals surface area contributed by atoms with Crippen molar-refractivity contribution >= 4 is 132 Å². The minimum absolute atomic E-state index is 0.0635. The molecule has 32 nitrogen and oxygen atoms in total. The van der Waals surface area contributed by atoms with Crippen molar-refractivity contribution in [2.75, 3.05) is 0 Å². The molecule has 6 aromatic rings. The van der Waals surface area contributed by atoms with E-state index in [4.69, 9.17) is 0 Å². The molecular formula is C48H32O32S8-8. The van der Waals surface area contributed by atoms with Crippen molar-refractivity contribution < 1.29 is 137 Å². The lowest BCUT2D eigenvalue weighted by atomic mass is 9.86. The van der Waals surface area contributed by atoms with Gasteiger partial charge in [-0.05, 0) is 141 Å². The zero-order chi connectivity index (χ0) is 65.0. The van der Waals surface area contributed by atoms with Gasteiger partial charge in [0.15, 0.2) is 0 Å². The Labute approximate surface area is 501 Å². The fraction of sp³-hybridized carbons (Fsp3) is 0.0833. The zero-order valence-electron chi connectivity index (χ0n) is 43.0. The predicted molar refractivity (Wildman–Crippen MR) is 292 cm³/mol. The molecule has 472 valence electrons. The van der Waals surface area contributed by atoms with Crippen molar-refractivity contribution in [1.29, 1.82) is 0 Å². The summed E-state index contributed by atoms with van der Waals surface area (Å²) >= 11 is 0. The molecule has 0 N–H and O–H groups in total. The molecule has 88 heavy (non-hydrogen) atoms. The minimum Gasteiger partial charge on any atom is -0.716 e. The Morgan fingerprint density at radius 2 is 0.352 bits per heavy atom. The summed E-state index contributed by atoms with van der Waals surface area (Å²) in [5.41, 5.74) is 2.21. The van der Waals surface area contributed by atoms with E-state index in [1.165, 1.54) is 48.6 Å². The zero-order valence-corrected chi connectivity index (χ0v) is 49.5. The van der Waals surface area contributed by atoms with Gasteiger partial charge in [-0.1, -0.05) is 72.9 Å². The van der Waals surface area contributed by atoms with Gasteiger partial charge in [0.25, 0.3) is 83.2 Å². The molecule has 4 bridgehead atoms. The van der Waals surface area contributed by atoms with Crippen LogP contribution in [-0.2, 0) is 109 Å². The average molecular weight is 1380 g/mol. The van der Waals surface area contributed by atoms with Gasteiger partial charge in [0.2, 0.25) is 0 Å². The van der Waals surface area contributed by atoms with Crippen LogP contribution in [0.15, 0.2) is 97.1 Å². The number of benzene rings is 6. The van der Waals surface area contributed by atoms with Crippen LogP contribution in [-0.4, -0.2) is 104 Å². The maximum Gasteiger partial charge on any atom is 0.262 e. The van der Waals surface area contributed by atoms with Crippen LogP contribution in [0.1, 0.15) is 66.8 Å². The topological polar surface area (TPSA) is 531 Å². The first-order chi connectivity index (χ1) is 40.4. The molecule has 10 rings (SSSR count). The second-order valence-corrected chi connectivity index (χ2v) is 25.6. The Bertz CT molecular complexity index is 4020. The second-order valence-electron chi connectivity index (χ2n) is 17.7. The molecule has 0 aromatic heterocycles. The second kappa shape index (κ2) is 26.0. The lowest BCUT2D eigenvalue weighted by Crippen LogP contribution is -2.09. The Hall–Kier alpha value is -8.04. The molecule has 0 unspecified atom stereocenters. The Balaban J connectivity index is 1.45. The number of hydrogen-bond donors (Lipinski definition) is 0. The summed E-state index contributed by atoms with van der Waals surface area (Å²) in [6, 6.07) is 16.3. The molecular weight excluding hydrogens is 1350 g/mol. The molecule has 0 amide bonds. The molecule has 0 fully saturated rings. The van der Waals surface area contributed by atoms with Crippen LogP contribution in [0.4, 0.5) is 0 Å². The summed E-state index contributed by atoms with van der Waals surface area (Å²) in [4.78, 5) is 0. The minimum atomic E-state index is -5.51. The first kappa shape index (κ1) is 67.5. The van der Waals surface area contributed by atoms with E-state index in [1.54, 1.807) is 24.3 Å². The summed E-state index contributed by atoms with van der Waals surface area (Å²) < 4.78 is 312. The summed E-state index contributed by atoms with van der Waals surface area (Å²) in [6.45, 7) is 0. The Morgan fingerprint density at radius 3 is 0.477 bits per heavy atom. The molecule has 0 saturated carbocycles. The van der Waals surface area contributed by atoms with Crippen LogP contribution >= 0.6 is 0 Å². The highest BCUT2D eigenvalue weighted by molar-refractivity contribution is 7.82. The van der Waals surface area contributed by atoms with Gasteiger partial charge < -0.3 is 69.9 Å². The molecule has 0 radical (unpaired) electrons. The maximum absolute atomic E-state index is 11.6. The standard InChI is InChI=1S/C48H40O32S8/c49-81(50,51)73-41-13-29(14-42(25-41)74-82(52,53)54)1-5-33-21-38-11-12-40-24-35(7-3-31-17-45(77-85(61,62)63)27-46(18-31)78-86(64,65)66)39(23-36(40)8-4-32-19-47(79-87(67,68)69)28-48(20-32)80-88(70,71)72)10-9-37(33)22-34(38)6-2-30-15-43(75-83(55,56)57)26-44(16-30)76-84(58,59)60/h1-8,13-28H,9-12H2,(H,49,50,51)(H,52,53,54)(H,55,56,57)(H,58,59,60)(H,61,62,63)(H,64,65,66)(H,67,68,69)(H,70,71,72)/p-8/b5-1+,6-2+,7-3+,8-4+. The Kier molecular flexibility index (Phi) is 19.9. The summed E-state index contributed by atoms with van der Waals surface area (Å²) in [7, 11) is -44.1. The highest BCUT2D eigenvalue weighted by Crippen LogP contribution is 2.35. The van der Waals surface area contributed by atoms with Crippen molar-refractivity contribution in [2.45, 2.75) is 25.7 Å². The van der Waals surface area contributed by atoms with E-state index in [0.717, 1.165) is 48.5 Å². The van der Waals surface area contributed by atoms with Gasteiger partial charge in [-0.25, -0.2) is 67.3 Å². The molecule has 0 saturated heterocycles. The number of rotatable bonds is 24. The normalized spacial score (nSPS) is 13.8. The van der Waals surface area contributed by atoms with Crippen LogP contribution in [0, 0.1) is 0 Å². The molecule has 40 heteroatoms. The van der Waals surface area contributed by atoms with Crippen LogP contribution in [0.2, 0.25) is 0 Å². The first-order valence-corrected chi connectivity index (χ1v) is 33.9. The third kappa shape index (κ3) is 22.9. The fourth-order valence-corrected chi connectivity index (χ4v) is 11.0. The van der Waals surface area contributed by atoms with E-state index in [-0.39, 0.29) is 47.9 Å². The number of hydrogen-bond acceptors (Lipinski definition) is 32. The summed E-state index contributed by atoms with van der Waals surface area (Å²) in [5, 5.41) is 0. The van der Waals surface area contributed by atoms with Crippen LogP contribution in [0.5, 0.6) is 46.0 Å². The fourth-order valence-electron chi connectivity index (χ4n) is 8.31. The molecule has 0 aliphatic heterocycles. The predicted octanol–water partition coefficient (Wildman–Crippen LogP) is 2.96. The highest BCUT2D eigenvalue weighted by Gasteiger charge is 2.18. The lowest BCUT2D eigenvalue weighted by Gasteiger charge is -2.19. The highest BCUT2D eigenvalue weighted by atomic mass is 32.3.